The quantitative estimate of drug-likeness (QED) is 0.458. The molecule has 1 heterocycles. The van der Waals surface area contributed by atoms with Crippen LogP contribution in [-0.4, -0.2) is 9.90 Å². The summed E-state index contributed by atoms with van der Waals surface area (Å²) < 4.78 is 1.45. The van der Waals surface area contributed by atoms with Crippen molar-refractivity contribution in [3.63, 3.8) is 0 Å². The molecule has 4 nitrogen and oxygen atoms in total. The Morgan fingerprint density at radius 2 is 2.25 bits per heavy atom. The summed E-state index contributed by atoms with van der Waals surface area (Å²) in [7, 11) is 0. The Morgan fingerprint density at radius 1 is 1.50 bits per heavy atom. The second-order valence-electron chi connectivity index (χ2n) is 2.38. The molecule has 0 aliphatic rings. The zero-order chi connectivity index (χ0) is 8.55. The van der Waals surface area contributed by atoms with Crippen molar-refractivity contribution >= 4 is 17.2 Å². The Balaban J connectivity index is 2.91. The number of rotatable bonds is 1. The van der Waals surface area contributed by atoms with Crippen molar-refractivity contribution in [2.45, 2.75) is 0 Å². The van der Waals surface area contributed by atoms with Crippen LogP contribution in [0.3, 0.4) is 0 Å². The lowest BCUT2D eigenvalue weighted by Crippen LogP contribution is -2.28. The van der Waals surface area contributed by atoms with Gasteiger partial charge in [-0.15, -0.1) is 9.53 Å². The van der Waals surface area contributed by atoms with Gasteiger partial charge in [0.25, 0.3) is 0 Å². The van der Waals surface area contributed by atoms with Crippen LogP contribution in [-0.2, 0) is 0 Å². The lowest BCUT2D eigenvalue weighted by Gasteiger charge is -1.89. The SMILES string of the molecule is C=Cn1n[n+]([O-])c2ccccc21. The van der Waals surface area contributed by atoms with E-state index in [4.69, 9.17) is 0 Å². The molecule has 0 unspecified atom stereocenters. The molecule has 2 aromatic rings. The molecule has 4 heteroatoms. The fourth-order valence-corrected chi connectivity index (χ4v) is 1.14. The normalized spacial score (nSPS) is 10.3. The number of hydrogen-bond acceptors (Lipinski definition) is 2. The fraction of sp³-hybridized carbons (Fsp3) is 0. The molecule has 0 bridgehead atoms. The molecule has 1 aromatic carbocycles. The van der Waals surface area contributed by atoms with E-state index in [0.717, 1.165) is 5.52 Å². The lowest BCUT2D eigenvalue weighted by atomic mass is 10.3. The molecule has 0 saturated carbocycles. The number of para-hydroxylation sites is 2. The molecule has 12 heavy (non-hydrogen) atoms. The lowest BCUT2D eigenvalue weighted by molar-refractivity contribution is -0.645. The maximum Gasteiger partial charge on any atom is 0.204 e. The number of nitrogens with zero attached hydrogens (tertiary/aromatic N) is 3. The van der Waals surface area contributed by atoms with Gasteiger partial charge < -0.3 is 5.21 Å². The number of benzene rings is 1. The summed E-state index contributed by atoms with van der Waals surface area (Å²) in [5, 5.41) is 14.8. The minimum atomic E-state index is 0.553. The first-order valence-electron chi connectivity index (χ1n) is 3.52. The van der Waals surface area contributed by atoms with E-state index in [9.17, 15) is 5.21 Å². The van der Waals surface area contributed by atoms with E-state index in [1.807, 2.05) is 12.1 Å². The van der Waals surface area contributed by atoms with Crippen molar-refractivity contribution in [2.75, 3.05) is 0 Å². The van der Waals surface area contributed by atoms with Gasteiger partial charge in [0.15, 0.2) is 0 Å². The molecule has 0 atom stereocenters. The molecule has 0 N–H and O–H groups in total. The third kappa shape index (κ3) is 0.780. The van der Waals surface area contributed by atoms with Crippen LogP contribution in [0.15, 0.2) is 30.8 Å². The number of fused-ring (bicyclic) bond motifs is 1. The minimum absolute atomic E-state index is 0.553. The van der Waals surface area contributed by atoms with Gasteiger partial charge in [-0.2, -0.15) is 0 Å². The van der Waals surface area contributed by atoms with E-state index in [2.05, 4.69) is 11.8 Å². The minimum Gasteiger partial charge on any atom is -0.691 e. The average molecular weight is 161 g/mol. The van der Waals surface area contributed by atoms with E-state index in [0.29, 0.717) is 10.4 Å². The van der Waals surface area contributed by atoms with Gasteiger partial charge in [0.05, 0.1) is 0 Å². The van der Waals surface area contributed by atoms with Crippen LogP contribution in [0.25, 0.3) is 17.2 Å². The molecule has 0 amide bonds. The van der Waals surface area contributed by atoms with E-state index < -0.39 is 0 Å². The van der Waals surface area contributed by atoms with Gasteiger partial charge >= 0.3 is 0 Å². The zero-order valence-electron chi connectivity index (χ0n) is 6.34. The second kappa shape index (κ2) is 2.34. The van der Waals surface area contributed by atoms with Gasteiger partial charge in [-0.1, -0.05) is 18.7 Å². The number of aromatic nitrogens is 3. The molecule has 1 aromatic heterocycles. The largest absolute Gasteiger partial charge is 0.691 e. The second-order valence-corrected chi connectivity index (χ2v) is 2.38. The van der Waals surface area contributed by atoms with Crippen LogP contribution < -0.4 is 4.85 Å². The maximum atomic E-state index is 11.1. The highest BCUT2D eigenvalue weighted by Gasteiger charge is 2.09. The molecule has 2 rings (SSSR count). The van der Waals surface area contributed by atoms with Crippen LogP contribution in [0, 0.1) is 5.21 Å². The molecule has 0 spiro atoms. The highest BCUT2D eigenvalue weighted by atomic mass is 16.5. The van der Waals surface area contributed by atoms with Crippen LogP contribution >= 0.6 is 0 Å². The summed E-state index contributed by atoms with van der Waals surface area (Å²) >= 11 is 0. The summed E-state index contributed by atoms with van der Waals surface area (Å²) in [4.78, 5) is 0.580. The molecule has 60 valence electrons. The maximum absolute atomic E-state index is 11.1. The van der Waals surface area contributed by atoms with Crippen molar-refractivity contribution < 1.29 is 4.85 Å². The smallest absolute Gasteiger partial charge is 0.204 e. The van der Waals surface area contributed by atoms with Crippen molar-refractivity contribution in [1.82, 2.24) is 9.90 Å². The van der Waals surface area contributed by atoms with Crippen LogP contribution in [0.5, 0.6) is 0 Å². The first-order chi connectivity index (χ1) is 5.83. The van der Waals surface area contributed by atoms with Crippen LogP contribution in [0.1, 0.15) is 0 Å². The van der Waals surface area contributed by atoms with Gasteiger partial charge in [0.2, 0.25) is 11.0 Å². The van der Waals surface area contributed by atoms with E-state index in [-0.39, 0.29) is 0 Å². The van der Waals surface area contributed by atoms with Crippen molar-refractivity contribution in [3.05, 3.63) is 36.1 Å². The first kappa shape index (κ1) is 6.84. The molecule has 0 radical (unpaired) electrons. The number of hydrogen-bond donors (Lipinski definition) is 0. The monoisotopic (exact) mass is 161 g/mol. The van der Waals surface area contributed by atoms with Gasteiger partial charge in [-0.05, 0) is 12.1 Å². The van der Waals surface area contributed by atoms with E-state index in [1.54, 1.807) is 12.1 Å². The van der Waals surface area contributed by atoms with Crippen molar-refractivity contribution in [2.24, 2.45) is 0 Å². The van der Waals surface area contributed by atoms with Gasteiger partial charge in [-0.3, -0.25) is 0 Å². The molecule has 0 fully saturated rings. The highest BCUT2D eigenvalue weighted by molar-refractivity contribution is 5.72. The van der Waals surface area contributed by atoms with Crippen LogP contribution in [0.4, 0.5) is 0 Å². The molecule has 0 saturated heterocycles. The summed E-state index contributed by atoms with van der Waals surface area (Å²) in [5.41, 5.74) is 1.32. The predicted octanol–water partition coefficient (Wildman–Crippen LogP) is 0.770. The standard InChI is InChI=1S/C8H7N3O/c1-2-10-7-5-3-4-6-8(7)11(12)9-10/h2-6H,1H2. The molecule has 0 aliphatic carbocycles. The Kier molecular flexibility index (Phi) is 1.33. The van der Waals surface area contributed by atoms with Crippen LogP contribution in [0.2, 0.25) is 0 Å². The van der Waals surface area contributed by atoms with Gasteiger partial charge in [0, 0.05) is 0 Å². The summed E-state index contributed by atoms with van der Waals surface area (Å²) in [6, 6.07) is 7.18. The Morgan fingerprint density at radius 3 is 3.00 bits per heavy atom. The summed E-state index contributed by atoms with van der Waals surface area (Å²) in [6.45, 7) is 3.54. The van der Waals surface area contributed by atoms with Gasteiger partial charge in [-0.25, -0.2) is 0 Å². The first-order valence-corrected chi connectivity index (χ1v) is 3.52. The molecular weight excluding hydrogens is 154 g/mol. The Labute approximate surface area is 68.9 Å². The summed E-state index contributed by atoms with van der Waals surface area (Å²) in [5.74, 6) is 0. The third-order valence-corrected chi connectivity index (χ3v) is 1.69. The molecular formula is C8H7N3O. The Bertz CT molecular complexity index is 433. The predicted molar refractivity (Wildman–Crippen MR) is 45.1 cm³/mol. The van der Waals surface area contributed by atoms with Crippen molar-refractivity contribution in [3.8, 4) is 0 Å². The van der Waals surface area contributed by atoms with Crippen molar-refractivity contribution in [1.29, 1.82) is 0 Å². The zero-order valence-corrected chi connectivity index (χ0v) is 6.34. The highest BCUT2D eigenvalue weighted by Crippen LogP contribution is 2.07. The average Bonchev–Trinajstić information content (AvgIpc) is 2.44. The fourth-order valence-electron chi connectivity index (χ4n) is 1.14. The topological polar surface area (TPSA) is 44.8 Å². The van der Waals surface area contributed by atoms with Gasteiger partial charge in [0.1, 0.15) is 11.4 Å². The summed E-state index contributed by atoms with van der Waals surface area (Å²) in [6.07, 6.45) is 1.50. The molecule has 0 aliphatic heterocycles. The van der Waals surface area contributed by atoms with E-state index in [1.165, 1.54) is 10.9 Å². The van der Waals surface area contributed by atoms with E-state index >= 15 is 0 Å². The third-order valence-electron chi connectivity index (χ3n) is 1.69. The Hall–Kier alpha value is -1.84.